The highest BCUT2D eigenvalue weighted by molar-refractivity contribution is 5.41. The van der Waals surface area contributed by atoms with Crippen molar-refractivity contribution in [1.82, 2.24) is 10.2 Å². The zero-order valence-corrected chi connectivity index (χ0v) is 11.1. The number of β-amino-alcohol motifs (C(OH)–C–C–N with tert-alkyl or cyclic N) is 1. The van der Waals surface area contributed by atoms with Gasteiger partial charge in [-0.25, -0.2) is 0 Å². The van der Waals surface area contributed by atoms with Gasteiger partial charge in [0.1, 0.15) is 5.75 Å². The molecule has 0 amide bonds. The number of phenolic OH excluding ortho intramolecular Hbond substituents is 1. The summed E-state index contributed by atoms with van der Waals surface area (Å²) in [4.78, 5) is 2.27. The largest absolute Gasteiger partial charge is 0.508 e. The van der Waals surface area contributed by atoms with Gasteiger partial charge in [0.05, 0.1) is 6.10 Å². The molecule has 1 saturated heterocycles. The molecule has 0 radical (unpaired) electrons. The van der Waals surface area contributed by atoms with Crippen LogP contribution in [0.1, 0.15) is 22.8 Å². The van der Waals surface area contributed by atoms with E-state index in [9.17, 15) is 10.2 Å². The van der Waals surface area contributed by atoms with Gasteiger partial charge < -0.3 is 15.5 Å². The molecular formula is C14H22N2O2. The molecule has 1 aliphatic heterocycles. The summed E-state index contributed by atoms with van der Waals surface area (Å²) in [5.41, 5.74) is 2.86. The Morgan fingerprint density at radius 2 is 1.78 bits per heavy atom. The van der Waals surface area contributed by atoms with Gasteiger partial charge in [0.2, 0.25) is 0 Å². The molecule has 4 heteroatoms. The topological polar surface area (TPSA) is 55.7 Å². The van der Waals surface area contributed by atoms with E-state index in [1.165, 1.54) is 0 Å². The molecule has 0 bridgehead atoms. The van der Waals surface area contributed by atoms with Crippen LogP contribution in [0.2, 0.25) is 0 Å². The minimum Gasteiger partial charge on any atom is -0.508 e. The molecular weight excluding hydrogens is 228 g/mol. The monoisotopic (exact) mass is 250 g/mol. The Morgan fingerprint density at radius 3 is 2.33 bits per heavy atom. The molecule has 0 aliphatic carbocycles. The van der Waals surface area contributed by atoms with E-state index in [1.54, 1.807) is 12.1 Å². The van der Waals surface area contributed by atoms with E-state index in [1.807, 2.05) is 13.8 Å². The number of aryl methyl sites for hydroxylation is 2. The van der Waals surface area contributed by atoms with Crippen molar-refractivity contribution in [2.75, 3.05) is 32.7 Å². The summed E-state index contributed by atoms with van der Waals surface area (Å²) in [6.07, 6.45) is -0.483. The molecule has 1 atom stereocenters. The summed E-state index contributed by atoms with van der Waals surface area (Å²) in [6.45, 7) is 8.46. The van der Waals surface area contributed by atoms with Gasteiger partial charge in [-0.15, -0.1) is 0 Å². The van der Waals surface area contributed by atoms with E-state index in [2.05, 4.69) is 10.2 Å². The Hall–Kier alpha value is -1.10. The summed E-state index contributed by atoms with van der Waals surface area (Å²) in [5, 5.41) is 23.2. The van der Waals surface area contributed by atoms with Crippen molar-refractivity contribution in [1.29, 1.82) is 0 Å². The first kappa shape index (κ1) is 13.3. The highest BCUT2D eigenvalue weighted by atomic mass is 16.3. The van der Waals surface area contributed by atoms with Gasteiger partial charge in [0, 0.05) is 32.7 Å². The molecule has 0 saturated carbocycles. The van der Waals surface area contributed by atoms with Crippen molar-refractivity contribution >= 4 is 0 Å². The van der Waals surface area contributed by atoms with Crippen LogP contribution in [0.15, 0.2) is 12.1 Å². The normalized spacial score (nSPS) is 18.8. The molecule has 1 aliphatic rings. The minimum atomic E-state index is -0.483. The van der Waals surface area contributed by atoms with E-state index < -0.39 is 6.10 Å². The van der Waals surface area contributed by atoms with Gasteiger partial charge in [-0.3, -0.25) is 4.90 Å². The Bertz CT molecular complexity index is 391. The summed E-state index contributed by atoms with van der Waals surface area (Å²) in [7, 11) is 0. The van der Waals surface area contributed by atoms with Crippen molar-refractivity contribution in [2.45, 2.75) is 20.0 Å². The second-order valence-corrected chi connectivity index (χ2v) is 5.06. The maximum Gasteiger partial charge on any atom is 0.116 e. The van der Waals surface area contributed by atoms with E-state index in [-0.39, 0.29) is 5.75 Å². The quantitative estimate of drug-likeness (QED) is 0.747. The number of piperazine rings is 1. The van der Waals surface area contributed by atoms with E-state index in [4.69, 9.17) is 0 Å². The van der Waals surface area contributed by atoms with Gasteiger partial charge in [0.25, 0.3) is 0 Å². The smallest absolute Gasteiger partial charge is 0.116 e. The molecule has 0 aromatic heterocycles. The van der Waals surface area contributed by atoms with E-state index in [0.717, 1.165) is 42.9 Å². The van der Waals surface area contributed by atoms with Gasteiger partial charge in [-0.05, 0) is 42.7 Å². The highest BCUT2D eigenvalue weighted by Gasteiger charge is 2.19. The van der Waals surface area contributed by atoms with Gasteiger partial charge >= 0.3 is 0 Å². The molecule has 1 heterocycles. The minimum absolute atomic E-state index is 0.267. The van der Waals surface area contributed by atoms with Crippen LogP contribution in [0.5, 0.6) is 5.75 Å². The summed E-state index contributed by atoms with van der Waals surface area (Å²) < 4.78 is 0. The van der Waals surface area contributed by atoms with Crippen molar-refractivity contribution < 1.29 is 10.2 Å². The Labute approximate surface area is 108 Å². The Balaban J connectivity index is 2.10. The molecule has 2 rings (SSSR count). The van der Waals surface area contributed by atoms with Gasteiger partial charge in [0.15, 0.2) is 0 Å². The van der Waals surface area contributed by atoms with Crippen LogP contribution in [-0.4, -0.2) is 47.8 Å². The molecule has 1 fully saturated rings. The fourth-order valence-corrected chi connectivity index (χ4v) is 2.71. The number of nitrogens with zero attached hydrogens (tertiary/aromatic N) is 1. The number of hydrogen-bond acceptors (Lipinski definition) is 4. The SMILES string of the molecule is Cc1cc(O)cc(C)c1C(O)CN1CCNCC1. The molecule has 3 N–H and O–H groups in total. The number of benzene rings is 1. The number of aromatic hydroxyl groups is 1. The summed E-state index contributed by atoms with van der Waals surface area (Å²) in [6, 6.07) is 3.42. The van der Waals surface area contributed by atoms with Gasteiger partial charge in [-0.2, -0.15) is 0 Å². The summed E-state index contributed by atoms with van der Waals surface area (Å²) in [5.74, 6) is 0.267. The van der Waals surface area contributed by atoms with Crippen LogP contribution < -0.4 is 5.32 Å². The molecule has 1 aromatic carbocycles. The number of aliphatic hydroxyl groups excluding tert-OH is 1. The molecule has 0 spiro atoms. The van der Waals surface area contributed by atoms with Crippen LogP contribution in [0.4, 0.5) is 0 Å². The van der Waals surface area contributed by atoms with Crippen LogP contribution in [0.25, 0.3) is 0 Å². The molecule has 1 aromatic rings. The first-order valence-electron chi connectivity index (χ1n) is 6.49. The first-order valence-corrected chi connectivity index (χ1v) is 6.49. The van der Waals surface area contributed by atoms with E-state index in [0.29, 0.717) is 6.54 Å². The van der Waals surface area contributed by atoms with Crippen LogP contribution in [0.3, 0.4) is 0 Å². The standard InChI is InChI=1S/C14H22N2O2/c1-10-7-12(17)8-11(2)14(10)13(18)9-16-5-3-15-4-6-16/h7-8,13,15,17-18H,3-6,9H2,1-2H3. The zero-order valence-electron chi connectivity index (χ0n) is 11.1. The predicted molar refractivity (Wildman–Crippen MR) is 71.9 cm³/mol. The second-order valence-electron chi connectivity index (χ2n) is 5.06. The van der Waals surface area contributed by atoms with Crippen molar-refractivity contribution in [3.05, 3.63) is 28.8 Å². The highest BCUT2D eigenvalue weighted by Crippen LogP contribution is 2.26. The van der Waals surface area contributed by atoms with Crippen LogP contribution >= 0.6 is 0 Å². The fourth-order valence-electron chi connectivity index (χ4n) is 2.71. The summed E-state index contributed by atoms with van der Waals surface area (Å²) >= 11 is 0. The van der Waals surface area contributed by atoms with Crippen molar-refractivity contribution in [3.63, 3.8) is 0 Å². The van der Waals surface area contributed by atoms with Gasteiger partial charge in [-0.1, -0.05) is 0 Å². The fraction of sp³-hybridized carbons (Fsp3) is 0.571. The predicted octanol–water partition coefficient (Wildman–Crippen LogP) is 0.948. The lowest BCUT2D eigenvalue weighted by Gasteiger charge is -2.30. The number of nitrogens with one attached hydrogen (secondary N) is 1. The molecule has 100 valence electrons. The number of phenols is 1. The molecule has 18 heavy (non-hydrogen) atoms. The van der Waals surface area contributed by atoms with Crippen molar-refractivity contribution in [2.24, 2.45) is 0 Å². The molecule has 4 nitrogen and oxygen atoms in total. The lowest BCUT2D eigenvalue weighted by molar-refractivity contribution is 0.104. The van der Waals surface area contributed by atoms with Crippen molar-refractivity contribution in [3.8, 4) is 5.75 Å². The second kappa shape index (κ2) is 5.69. The third-order valence-corrected chi connectivity index (χ3v) is 3.55. The zero-order chi connectivity index (χ0) is 13.1. The van der Waals surface area contributed by atoms with Crippen LogP contribution in [0, 0.1) is 13.8 Å². The molecule has 1 unspecified atom stereocenters. The third-order valence-electron chi connectivity index (χ3n) is 3.55. The third kappa shape index (κ3) is 3.02. The lowest BCUT2D eigenvalue weighted by Crippen LogP contribution is -2.45. The number of rotatable bonds is 3. The maximum absolute atomic E-state index is 10.4. The lowest BCUT2D eigenvalue weighted by atomic mass is 9.97. The first-order chi connectivity index (χ1) is 8.58. The number of aliphatic hydroxyl groups is 1. The van der Waals surface area contributed by atoms with Crippen LogP contribution in [-0.2, 0) is 0 Å². The average molecular weight is 250 g/mol. The Kier molecular flexibility index (Phi) is 4.22. The average Bonchev–Trinajstić information content (AvgIpc) is 2.28. The Morgan fingerprint density at radius 1 is 1.22 bits per heavy atom. The maximum atomic E-state index is 10.4. The number of hydrogen-bond donors (Lipinski definition) is 3. The van der Waals surface area contributed by atoms with E-state index >= 15 is 0 Å².